The summed E-state index contributed by atoms with van der Waals surface area (Å²) in [6.07, 6.45) is 2.91. The summed E-state index contributed by atoms with van der Waals surface area (Å²) < 4.78 is 2.20. The molecule has 6 heteroatoms. The Morgan fingerprint density at radius 1 is 1.47 bits per heavy atom. The Morgan fingerprint density at radius 3 is 3.06 bits per heavy atom. The molecule has 0 saturated heterocycles. The van der Waals surface area contributed by atoms with Gasteiger partial charge in [-0.3, -0.25) is 14.2 Å². The average molecular weight is 252 g/mol. The topological polar surface area (TPSA) is 72.2 Å². The van der Waals surface area contributed by atoms with Gasteiger partial charge in [0.15, 0.2) is 0 Å². The summed E-state index contributed by atoms with van der Waals surface area (Å²) in [5.74, 6) is -0.802. The Bertz CT molecular complexity index is 588. The van der Waals surface area contributed by atoms with Gasteiger partial charge in [-0.2, -0.15) is 0 Å². The maximum absolute atomic E-state index is 11.9. The molecule has 90 valence electrons. The number of thiophene rings is 1. The maximum atomic E-state index is 11.9. The SMILES string of the molecule is O=C(O)CCCCn1cnc2ccsc2c1=O. The number of aliphatic carboxylic acids is 1. The lowest BCUT2D eigenvalue weighted by Crippen LogP contribution is -2.19. The molecular formula is C11H12N2O3S. The van der Waals surface area contributed by atoms with Crippen molar-refractivity contribution in [1.29, 1.82) is 0 Å². The van der Waals surface area contributed by atoms with Crippen LogP contribution in [0.15, 0.2) is 22.6 Å². The van der Waals surface area contributed by atoms with Crippen molar-refractivity contribution in [2.24, 2.45) is 0 Å². The first-order valence-electron chi connectivity index (χ1n) is 5.33. The largest absolute Gasteiger partial charge is 0.481 e. The van der Waals surface area contributed by atoms with Crippen LogP contribution in [0.5, 0.6) is 0 Å². The quantitative estimate of drug-likeness (QED) is 0.822. The van der Waals surface area contributed by atoms with Crippen molar-refractivity contribution in [3.8, 4) is 0 Å². The third-order valence-electron chi connectivity index (χ3n) is 2.48. The number of carboxylic acid groups (broad SMARTS) is 1. The molecule has 0 amide bonds. The second-order valence-electron chi connectivity index (χ2n) is 3.73. The van der Waals surface area contributed by atoms with Crippen LogP contribution in [0.3, 0.4) is 0 Å². The summed E-state index contributed by atoms with van der Waals surface area (Å²) in [4.78, 5) is 26.4. The van der Waals surface area contributed by atoms with E-state index in [2.05, 4.69) is 4.98 Å². The van der Waals surface area contributed by atoms with Crippen LogP contribution in [0.4, 0.5) is 0 Å². The monoisotopic (exact) mass is 252 g/mol. The molecule has 5 nitrogen and oxygen atoms in total. The first kappa shape index (κ1) is 11.8. The predicted octanol–water partition coefficient (Wildman–Crippen LogP) is 1.71. The van der Waals surface area contributed by atoms with E-state index in [0.29, 0.717) is 24.1 Å². The first-order chi connectivity index (χ1) is 8.18. The number of carboxylic acids is 1. The summed E-state index contributed by atoms with van der Waals surface area (Å²) in [6, 6.07) is 1.82. The van der Waals surface area contributed by atoms with Crippen LogP contribution in [0.2, 0.25) is 0 Å². The van der Waals surface area contributed by atoms with Gasteiger partial charge in [0.05, 0.1) is 11.8 Å². The summed E-state index contributed by atoms with van der Waals surface area (Å²) >= 11 is 1.38. The van der Waals surface area contributed by atoms with Gasteiger partial charge in [0.25, 0.3) is 5.56 Å². The minimum atomic E-state index is -0.802. The Morgan fingerprint density at radius 2 is 2.29 bits per heavy atom. The van der Waals surface area contributed by atoms with E-state index in [9.17, 15) is 9.59 Å². The molecule has 2 rings (SSSR count). The number of nitrogens with zero attached hydrogens (tertiary/aromatic N) is 2. The lowest BCUT2D eigenvalue weighted by molar-refractivity contribution is -0.137. The van der Waals surface area contributed by atoms with Crippen LogP contribution in [-0.2, 0) is 11.3 Å². The maximum Gasteiger partial charge on any atom is 0.303 e. The van der Waals surface area contributed by atoms with Gasteiger partial charge in [0, 0.05) is 13.0 Å². The fourth-order valence-electron chi connectivity index (χ4n) is 1.60. The molecule has 0 aliphatic heterocycles. The highest BCUT2D eigenvalue weighted by Gasteiger charge is 2.05. The summed E-state index contributed by atoms with van der Waals surface area (Å²) in [5.41, 5.74) is 0.683. The van der Waals surface area contributed by atoms with E-state index in [1.54, 1.807) is 4.57 Å². The van der Waals surface area contributed by atoms with Crippen molar-refractivity contribution in [3.63, 3.8) is 0 Å². The molecule has 2 aromatic heterocycles. The fourth-order valence-corrected chi connectivity index (χ4v) is 2.39. The van der Waals surface area contributed by atoms with E-state index in [1.165, 1.54) is 17.7 Å². The molecule has 0 aliphatic carbocycles. The van der Waals surface area contributed by atoms with E-state index in [1.807, 2.05) is 11.4 Å². The number of carbonyl (C=O) groups is 1. The van der Waals surface area contributed by atoms with Gasteiger partial charge in [0.1, 0.15) is 4.70 Å². The summed E-state index contributed by atoms with van der Waals surface area (Å²) in [6.45, 7) is 0.521. The normalized spacial score (nSPS) is 10.8. The molecule has 17 heavy (non-hydrogen) atoms. The number of hydrogen-bond acceptors (Lipinski definition) is 4. The van der Waals surface area contributed by atoms with Crippen molar-refractivity contribution in [2.45, 2.75) is 25.8 Å². The number of unbranched alkanes of at least 4 members (excludes halogenated alkanes) is 1. The Kier molecular flexibility index (Phi) is 3.53. The summed E-state index contributed by atoms with van der Waals surface area (Å²) in [7, 11) is 0. The van der Waals surface area contributed by atoms with Crippen LogP contribution in [0, 0.1) is 0 Å². The number of hydrogen-bond donors (Lipinski definition) is 1. The molecular weight excluding hydrogens is 240 g/mol. The van der Waals surface area contributed by atoms with Gasteiger partial charge in [-0.1, -0.05) is 0 Å². The lowest BCUT2D eigenvalue weighted by Gasteiger charge is -2.03. The number of fused-ring (bicyclic) bond motifs is 1. The average Bonchev–Trinajstić information content (AvgIpc) is 2.75. The van der Waals surface area contributed by atoms with Crippen LogP contribution < -0.4 is 5.56 Å². The molecule has 0 atom stereocenters. The minimum absolute atomic E-state index is 0.0414. The highest BCUT2D eigenvalue weighted by atomic mass is 32.1. The van der Waals surface area contributed by atoms with Gasteiger partial charge in [-0.25, -0.2) is 4.98 Å². The van der Waals surface area contributed by atoms with Crippen LogP contribution in [-0.4, -0.2) is 20.6 Å². The zero-order valence-electron chi connectivity index (χ0n) is 9.13. The Labute approximate surface area is 101 Å². The van der Waals surface area contributed by atoms with E-state index in [0.717, 1.165) is 5.52 Å². The molecule has 0 fully saturated rings. The highest BCUT2D eigenvalue weighted by molar-refractivity contribution is 7.17. The van der Waals surface area contributed by atoms with Gasteiger partial charge in [0.2, 0.25) is 0 Å². The van der Waals surface area contributed by atoms with E-state index in [-0.39, 0.29) is 12.0 Å². The molecule has 0 aromatic carbocycles. The van der Waals surface area contributed by atoms with Gasteiger partial charge >= 0.3 is 5.97 Å². The standard InChI is InChI=1S/C11H12N2O3S/c14-9(15)3-1-2-5-13-7-12-8-4-6-17-10(8)11(13)16/h4,6-7H,1-3,5H2,(H,14,15). The molecule has 0 saturated carbocycles. The smallest absolute Gasteiger partial charge is 0.303 e. The van der Waals surface area contributed by atoms with Crippen molar-refractivity contribution < 1.29 is 9.90 Å². The van der Waals surface area contributed by atoms with Crippen molar-refractivity contribution in [1.82, 2.24) is 9.55 Å². The third kappa shape index (κ3) is 2.71. The highest BCUT2D eigenvalue weighted by Crippen LogP contribution is 2.13. The van der Waals surface area contributed by atoms with Gasteiger partial charge in [-0.05, 0) is 24.3 Å². The number of aromatic nitrogens is 2. The fraction of sp³-hybridized carbons (Fsp3) is 0.364. The second-order valence-corrected chi connectivity index (χ2v) is 4.65. The Balaban J connectivity index is 2.06. The zero-order valence-corrected chi connectivity index (χ0v) is 9.94. The van der Waals surface area contributed by atoms with Gasteiger partial charge < -0.3 is 5.11 Å². The molecule has 0 bridgehead atoms. The second kappa shape index (κ2) is 5.09. The predicted molar refractivity (Wildman–Crippen MR) is 65.4 cm³/mol. The Hall–Kier alpha value is -1.69. The van der Waals surface area contributed by atoms with E-state index >= 15 is 0 Å². The number of aryl methyl sites for hydroxylation is 1. The van der Waals surface area contributed by atoms with Gasteiger partial charge in [-0.15, -0.1) is 11.3 Å². The lowest BCUT2D eigenvalue weighted by atomic mass is 10.2. The van der Waals surface area contributed by atoms with Crippen molar-refractivity contribution in [3.05, 3.63) is 28.1 Å². The van der Waals surface area contributed by atoms with Crippen molar-refractivity contribution >= 4 is 27.5 Å². The van der Waals surface area contributed by atoms with Crippen molar-refractivity contribution in [2.75, 3.05) is 0 Å². The van der Waals surface area contributed by atoms with E-state index in [4.69, 9.17) is 5.11 Å². The molecule has 2 aromatic rings. The van der Waals surface area contributed by atoms with Crippen LogP contribution in [0.1, 0.15) is 19.3 Å². The summed E-state index contributed by atoms with van der Waals surface area (Å²) in [5, 5.41) is 10.3. The molecule has 0 unspecified atom stereocenters. The molecule has 0 spiro atoms. The minimum Gasteiger partial charge on any atom is -0.481 e. The van der Waals surface area contributed by atoms with Crippen LogP contribution in [0.25, 0.3) is 10.2 Å². The molecule has 0 aliphatic rings. The van der Waals surface area contributed by atoms with Crippen LogP contribution >= 0.6 is 11.3 Å². The molecule has 0 radical (unpaired) electrons. The third-order valence-corrected chi connectivity index (χ3v) is 3.37. The first-order valence-corrected chi connectivity index (χ1v) is 6.21. The van der Waals surface area contributed by atoms with E-state index < -0.39 is 5.97 Å². The molecule has 2 heterocycles. The molecule has 1 N–H and O–H groups in total. The number of rotatable bonds is 5. The zero-order chi connectivity index (χ0) is 12.3.